The predicted molar refractivity (Wildman–Crippen MR) is 141 cm³/mol. The molecular weight excluding hydrogens is 618 g/mol. The number of carboxylic acid groups (broad SMARTS) is 1. The van der Waals surface area contributed by atoms with Gasteiger partial charge in [0.2, 0.25) is 11.6 Å². The highest BCUT2D eigenvalue weighted by molar-refractivity contribution is 7.91. The summed E-state index contributed by atoms with van der Waals surface area (Å²) in [6.45, 7) is 2.06. The number of hydrogen-bond donors (Lipinski definition) is 2. The van der Waals surface area contributed by atoms with Crippen LogP contribution in [-0.4, -0.2) is 75.2 Å². The van der Waals surface area contributed by atoms with Crippen molar-refractivity contribution in [3.8, 4) is 23.3 Å². The van der Waals surface area contributed by atoms with Crippen LogP contribution in [0.2, 0.25) is 0 Å². The number of alkyl halides is 3. The van der Waals surface area contributed by atoms with Gasteiger partial charge in [0, 0.05) is 26.2 Å². The molecule has 19 heteroatoms. The van der Waals surface area contributed by atoms with Gasteiger partial charge in [0.25, 0.3) is 0 Å². The number of anilines is 1. The summed E-state index contributed by atoms with van der Waals surface area (Å²) >= 11 is 0. The Hall–Kier alpha value is -5.09. The Balaban J connectivity index is 0.000000566. The van der Waals surface area contributed by atoms with E-state index in [2.05, 4.69) is 25.7 Å². The number of hydrogen-bond acceptors (Lipinski definition) is 12. The third-order valence-electron chi connectivity index (χ3n) is 6.20. The van der Waals surface area contributed by atoms with Gasteiger partial charge in [-0.1, -0.05) is 29.4 Å². The molecule has 1 aliphatic rings. The lowest BCUT2D eigenvalue weighted by Crippen LogP contribution is -2.39. The molecule has 2 aromatic carbocycles. The van der Waals surface area contributed by atoms with Gasteiger partial charge in [-0.3, -0.25) is 9.42 Å². The summed E-state index contributed by atoms with van der Waals surface area (Å²) < 4.78 is 79.4. The number of benzene rings is 2. The second-order valence-electron chi connectivity index (χ2n) is 9.25. The highest BCUT2D eigenvalue weighted by Crippen LogP contribution is 2.25. The number of carboxylic acids is 1. The number of carbonyl (C=O) groups is 1. The zero-order chi connectivity index (χ0) is 32.1. The van der Waals surface area contributed by atoms with E-state index >= 15 is 0 Å². The van der Waals surface area contributed by atoms with E-state index in [1.54, 1.807) is 6.07 Å². The maximum absolute atomic E-state index is 13.8. The molecule has 0 amide bonds. The lowest BCUT2D eigenvalue weighted by atomic mass is 10.1. The van der Waals surface area contributed by atoms with Crippen molar-refractivity contribution in [2.45, 2.75) is 19.3 Å². The summed E-state index contributed by atoms with van der Waals surface area (Å²) in [7, 11) is -2.92. The van der Waals surface area contributed by atoms with E-state index in [0.717, 1.165) is 21.8 Å². The Bertz CT molecular complexity index is 1830. The highest BCUT2D eigenvalue weighted by Gasteiger charge is 2.38. The van der Waals surface area contributed by atoms with E-state index in [1.165, 1.54) is 12.1 Å². The molecule has 1 aliphatic heterocycles. The lowest BCUT2D eigenvalue weighted by molar-refractivity contribution is -0.192. The summed E-state index contributed by atoms with van der Waals surface area (Å²) in [5.74, 6) is -3.82. The molecule has 14 nitrogen and oxygen atoms in total. The fourth-order valence-electron chi connectivity index (χ4n) is 3.93. The summed E-state index contributed by atoms with van der Waals surface area (Å²) in [4.78, 5) is 23.3. The molecule has 232 valence electrons. The van der Waals surface area contributed by atoms with Crippen LogP contribution in [0.15, 0.2) is 56.4 Å². The molecule has 0 saturated carbocycles. The highest BCUT2D eigenvalue weighted by atomic mass is 32.2. The number of aromatic nitrogens is 4. The molecule has 0 bridgehead atoms. The average molecular weight is 640 g/mol. The van der Waals surface area contributed by atoms with Crippen molar-refractivity contribution in [3.63, 3.8) is 0 Å². The summed E-state index contributed by atoms with van der Waals surface area (Å²) in [6, 6.07) is 13.1. The second kappa shape index (κ2) is 13.0. The minimum Gasteiger partial charge on any atom is -0.475 e. The summed E-state index contributed by atoms with van der Waals surface area (Å²) in [6.07, 6.45) is -5.08. The van der Waals surface area contributed by atoms with Gasteiger partial charge in [-0.15, -0.1) is 0 Å². The van der Waals surface area contributed by atoms with E-state index < -0.39 is 33.6 Å². The van der Waals surface area contributed by atoms with Gasteiger partial charge in [-0.2, -0.15) is 18.4 Å². The summed E-state index contributed by atoms with van der Waals surface area (Å²) in [5, 5.41) is 30.8. The molecule has 0 atom stereocenters. The fourth-order valence-corrected chi connectivity index (χ4v) is 5.21. The molecule has 5 rings (SSSR count). The smallest absolute Gasteiger partial charge is 0.475 e. The molecule has 4 aromatic rings. The van der Waals surface area contributed by atoms with Gasteiger partial charge >= 0.3 is 17.9 Å². The van der Waals surface area contributed by atoms with Crippen molar-refractivity contribution in [3.05, 3.63) is 75.5 Å². The first-order valence-electron chi connectivity index (χ1n) is 12.4. The van der Waals surface area contributed by atoms with E-state index in [-0.39, 0.29) is 40.1 Å². The van der Waals surface area contributed by atoms with E-state index in [0.29, 0.717) is 26.2 Å². The van der Waals surface area contributed by atoms with Gasteiger partial charge < -0.3 is 10.4 Å². The van der Waals surface area contributed by atoms with E-state index in [1.807, 2.05) is 24.3 Å². The van der Waals surface area contributed by atoms with Gasteiger partial charge in [-0.25, -0.2) is 31.6 Å². The monoisotopic (exact) mass is 639 g/mol. The van der Waals surface area contributed by atoms with Crippen molar-refractivity contribution >= 4 is 21.6 Å². The average Bonchev–Trinajstić information content (AvgIpc) is 3.60. The minimum absolute atomic E-state index is 0.0388. The number of aliphatic carboxylic acids is 1. The molecule has 2 aromatic heterocycles. The van der Waals surface area contributed by atoms with Crippen molar-refractivity contribution in [1.29, 1.82) is 5.26 Å². The zero-order valence-corrected chi connectivity index (χ0v) is 23.1. The number of nitriles is 1. The third-order valence-corrected chi connectivity index (χ3v) is 7.81. The van der Waals surface area contributed by atoms with Crippen LogP contribution in [0.5, 0.6) is 0 Å². The number of sulfone groups is 1. The molecule has 0 unspecified atom stereocenters. The number of nitrogens with one attached hydrogen (secondary N) is 1. The zero-order valence-electron chi connectivity index (χ0n) is 22.3. The van der Waals surface area contributed by atoms with Crippen molar-refractivity contribution in [2.75, 3.05) is 29.9 Å². The maximum Gasteiger partial charge on any atom is 0.490 e. The second-order valence-corrected chi connectivity index (χ2v) is 11.5. The molecule has 3 heterocycles. The Morgan fingerprint density at radius 2 is 1.70 bits per heavy atom. The molecule has 1 fully saturated rings. The maximum atomic E-state index is 13.8. The van der Waals surface area contributed by atoms with Crippen LogP contribution in [0.1, 0.15) is 16.7 Å². The first-order chi connectivity index (χ1) is 20.8. The van der Waals surface area contributed by atoms with E-state index in [4.69, 9.17) is 24.3 Å². The van der Waals surface area contributed by atoms with Crippen LogP contribution in [0.3, 0.4) is 0 Å². The quantitative estimate of drug-likeness (QED) is 0.280. The predicted octanol–water partition coefficient (Wildman–Crippen LogP) is 2.36. The van der Waals surface area contributed by atoms with Gasteiger partial charge in [0.1, 0.15) is 11.9 Å². The molecule has 0 spiro atoms. The number of halogens is 4. The largest absolute Gasteiger partial charge is 0.490 e. The third kappa shape index (κ3) is 7.84. The van der Waals surface area contributed by atoms with Gasteiger partial charge in [-0.05, 0) is 39.6 Å². The molecule has 0 radical (unpaired) electrons. The van der Waals surface area contributed by atoms with Crippen molar-refractivity contribution < 1.29 is 45.0 Å². The van der Waals surface area contributed by atoms with Crippen LogP contribution in [-0.2, 0) is 27.7 Å². The number of nitrogens with zero attached hydrogens (tertiary/aromatic N) is 6. The molecule has 44 heavy (non-hydrogen) atoms. The van der Waals surface area contributed by atoms with Crippen LogP contribution in [0.4, 0.5) is 23.4 Å². The Labute approximate surface area is 245 Å². The SMILES string of the molecule is N#Cc1cc(-n2c(-c3nonc3NCc3ccc(CN4CCS(=O)(=O)CC4)cc3)noc2=O)ccc1F.O=C(O)C(F)(F)F. The van der Waals surface area contributed by atoms with E-state index in [9.17, 15) is 30.8 Å². The first kappa shape index (κ1) is 31.8. The molecule has 1 saturated heterocycles. The van der Waals surface area contributed by atoms with Gasteiger partial charge in [0.15, 0.2) is 15.5 Å². The first-order valence-corrected chi connectivity index (χ1v) is 14.3. The number of rotatable bonds is 7. The normalized spacial score (nSPS) is 14.7. The summed E-state index contributed by atoms with van der Waals surface area (Å²) in [5.41, 5.74) is 1.99. The minimum atomic E-state index is -5.08. The van der Waals surface area contributed by atoms with Crippen LogP contribution in [0, 0.1) is 17.1 Å². The van der Waals surface area contributed by atoms with Crippen molar-refractivity contribution in [2.24, 2.45) is 0 Å². The Morgan fingerprint density at radius 1 is 1.07 bits per heavy atom. The fraction of sp³-hybridized carbons (Fsp3) is 0.280. The molecule has 0 aliphatic carbocycles. The van der Waals surface area contributed by atoms with Crippen molar-refractivity contribution in [1.82, 2.24) is 24.9 Å². The van der Waals surface area contributed by atoms with Crippen LogP contribution < -0.4 is 11.1 Å². The van der Waals surface area contributed by atoms with Crippen LogP contribution >= 0.6 is 0 Å². The Morgan fingerprint density at radius 3 is 2.32 bits per heavy atom. The molecular formula is C25H21F4N7O7S. The lowest BCUT2D eigenvalue weighted by Gasteiger charge is -2.26. The standard InChI is InChI=1S/C23H20FN7O5S.C2HF3O2/c24-19-6-5-18(11-17(19)12-25)31-22(29-35-23(31)32)20-21(28-36-27-20)26-13-15-1-3-16(4-2-15)14-30-7-9-37(33,34)10-8-30;3-2(4,5)1(6)7/h1-6,11H,7-10,13-14H2,(H,26,28);(H,6,7). The topological polar surface area (TPSA) is 197 Å². The van der Waals surface area contributed by atoms with Crippen LogP contribution in [0.25, 0.3) is 17.2 Å². The Kier molecular flexibility index (Phi) is 9.44. The van der Waals surface area contributed by atoms with Gasteiger partial charge in [0.05, 0.1) is 22.8 Å². The molecule has 2 N–H and O–H groups in total.